The van der Waals surface area contributed by atoms with Crippen LogP contribution in [0.4, 0.5) is 9.59 Å². The van der Waals surface area contributed by atoms with Gasteiger partial charge in [0.2, 0.25) is 47.0 Å². The number of aryl methyl sites for hydroxylation is 1. The normalized spacial score (nSPS) is 16.1. The topological polar surface area (TPSA) is 402 Å². The second-order valence-corrected chi connectivity index (χ2v) is 35.1. The van der Waals surface area contributed by atoms with Crippen molar-refractivity contribution in [2.24, 2.45) is 11.7 Å². The van der Waals surface area contributed by atoms with Crippen LogP contribution in [0.1, 0.15) is 136 Å². The molecule has 1 fully saturated rings. The third kappa shape index (κ3) is 32.6. The number of hydrogen-bond acceptors (Lipinski definition) is 26. The largest absolute Gasteiger partial charge is 0.457 e. The number of primary amides is 1. The van der Waals surface area contributed by atoms with Gasteiger partial charge in [-0.1, -0.05) is 45.9 Å². The number of unbranched alkanes of at least 4 members (excludes halogenated alkanes) is 1. The van der Waals surface area contributed by atoms with Crippen molar-refractivity contribution in [3.63, 3.8) is 0 Å². The Kier molecular flexibility index (Phi) is 40.1. The Balaban J connectivity index is 0.950. The highest BCUT2D eigenvalue weighted by atomic mass is 16.6. The van der Waals surface area contributed by atoms with Crippen LogP contribution in [0.2, 0.25) is 0 Å². The zero-order valence-corrected chi connectivity index (χ0v) is 75.6. The van der Waals surface area contributed by atoms with Crippen molar-refractivity contribution in [3.05, 3.63) is 62.9 Å². The van der Waals surface area contributed by atoms with Crippen molar-refractivity contribution in [3.8, 4) is 11.4 Å². The number of alkyl carbamates (subject to hydrolysis) is 2. The number of benzene rings is 1. The van der Waals surface area contributed by atoms with Crippen LogP contribution in [0.15, 0.2) is 35.1 Å². The van der Waals surface area contributed by atoms with Gasteiger partial charge < -0.3 is 101 Å². The lowest BCUT2D eigenvalue weighted by Crippen LogP contribution is -2.58. The molecule has 36 heteroatoms. The highest BCUT2D eigenvalue weighted by Gasteiger charge is 2.52. The first kappa shape index (κ1) is 101. The number of carbonyl (C=O) groups excluding carboxylic acids is 11. The third-order valence-electron chi connectivity index (χ3n) is 21.8. The summed E-state index contributed by atoms with van der Waals surface area (Å²) in [5, 5.41) is 21.0. The van der Waals surface area contributed by atoms with Crippen LogP contribution in [0.25, 0.3) is 22.3 Å². The Morgan fingerprint density at radius 3 is 1.56 bits per heavy atom. The molecule has 121 heavy (non-hydrogen) atoms. The molecule has 3 aromatic rings. The highest BCUT2D eigenvalue weighted by molar-refractivity contribution is 5.97. The van der Waals surface area contributed by atoms with Crippen LogP contribution in [-0.2, 0) is 87.3 Å². The molecule has 2 aromatic heterocycles. The lowest BCUT2D eigenvalue weighted by molar-refractivity contribution is -0.191. The van der Waals surface area contributed by atoms with Crippen molar-refractivity contribution in [1.29, 1.82) is 0 Å². The zero-order chi connectivity index (χ0) is 89.6. The maximum absolute atomic E-state index is 14.6. The van der Waals surface area contributed by atoms with E-state index in [9.17, 15) is 57.5 Å². The average Bonchev–Trinajstić information content (AvgIpc) is 1.61. The molecule has 0 spiro atoms. The van der Waals surface area contributed by atoms with Crippen molar-refractivity contribution in [2.45, 2.75) is 175 Å². The number of esters is 2. The van der Waals surface area contributed by atoms with Gasteiger partial charge in [0.05, 0.1) is 55.1 Å². The Morgan fingerprint density at radius 2 is 1.07 bits per heavy atom. The predicted octanol–water partition coefficient (Wildman–Crippen LogP) is 1.01. The van der Waals surface area contributed by atoms with Gasteiger partial charge in [0, 0.05) is 147 Å². The van der Waals surface area contributed by atoms with Crippen LogP contribution < -0.4 is 48.5 Å². The molecule has 1 aromatic carbocycles. The Labute approximate surface area is 715 Å². The van der Waals surface area contributed by atoms with E-state index in [-0.39, 0.29) is 81.0 Å². The monoisotopic (exact) mass is 1700 g/mol. The fraction of sp³-hybridized carbons (Fsp3) is 0.706. The number of cyclic esters (lactones) is 1. The number of likely N-dealkylation sites (tertiary alicyclic amines) is 1. The van der Waals surface area contributed by atoms with Gasteiger partial charge in [-0.05, 0) is 174 Å². The number of aromatic nitrogens is 2. The fourth-order valence-corrected chi connectivity index (χ4v) is 14.6. The predicted molar refractivity (Wildman–Crippen MR) is 463 cm³/mol. The van der Waals surface area contributed by atoms with Crippen LogP contribution in [0, 0.1) is 5.92 Å². The number of ether oxygens (including phenoxy) is 4. The smallest absolute Gasteiger partial charge is 0.407 e. The van der Waals surface area contributed by atoms with Crippen molar-refractivity contribution < 1.29 is 71.7 Å². The minimum absolute atomic E-state index is 0.0644. The number of nitrogens with one attached hydrogen (secondary N) is 7. The molecule has 1 saturated heterocycles. The number of hydrogen-bond donors (Lipinski definition) is 8. The molecule has 5 atom stereocenters. The van der Waals surface area contributed by atoms with Crippen molar-refractivity contribution in [1.82, 2.24) is 95.8 Å². The summed E-state index contributed by atoms with van der Waals surface area (Å²) < 4.78 is 24.1. The lowest BCUT2D eigenvalue weighted by Gasteiger charge is -2.37. The molecule has 9 N–H and O–H groups in total. The summed E-state index contributed by atoms with van der Waals surface area (Å²) in [6.07, 6.45) is 1.16. The van der Waals surface area contributed by atoms with Gasteiger partial charge in [0.25, 0.3) is 5.56 Å². The second-order valence-electron chi connectivity index (χ2n) is 35.1. The quantitative estimate of drug-likeness (QED) is 0.0174. The maximum Gasteiger partial charge on any atom is 0.407 e. The average molecular weight is 1700 g/mol. The van der Waals surface area contributed by atoms with Gasteiger partial charge in [-0.25, -0.2) is 24.2 Å². The number of nitrogens with zero attached hydrogens (tertiary/aromatic N) is 12. The molecule has 0 aliphatic carbocycles. The minimum atomic E-state index is -2.07. The molecule has 0 saturated carbocycles. The van der Waals surface area contributed by atoms with Gasteiger partial charge in [0.15, 0.2) is 0 Å². The van der Waals surface area contributed by atoms with Crippen molar-refractivity contribution >= 4 is 76.4 Å². The van der Waals surface area contributed by atoms with E-state index in [4.69, 9.17) is 29.7 Å². The van der Waals surface area contributed by atoms with E-state index in [0.717, 1.165) is 54.8 Å². The third-order valence-corrected chi connectivity index (χ3v) is 21.8. The van der Waals surface area contributed by atoms with Crippen LogP contribution in [-0.4, -0.2) is 373 Å². The molecule has 678 valence electrons. The number of amides is 9. The van der Waals surface area contributed by atoms with Gasteiger partial charge in [-0.15, -0.1) is 0 Å². The molecule has 3 aliphatic rings. The molecule has 0 radical (unpaired) electrons. The lowest BCUT2D eigenvalue weighted by atomic mass is 9.85. The molecule has 5 heterocycles. The number of likely N-dealkylation sites (N-methyl/N-ethyl adjacent to an activating group) is 9. The Morgan fingerprint density at radius 1 is 0.595 bits per heavy atom. The SMILES string of the molecule is CCc1c2c(nc3ccccc13)-c1cc3c(c(=O)n1C2)COC(=O)[C@@]3(CC)OC(=O)[C@@H](NC(=O)[C@@H]1CCCN1C(=O)[C@H](CC(N)=O)NC(=O)CN(C)CCN(C)CCN(C)CCNC(=O)[C@H](CCCCNC(=O)CN(C)CCN(C)CCN(C)CCNC(=O)OC(C)(C)C)NC(=O)CN(C)CCN(C)CCN(C)CCNC(=O)OC(C)(C)C)C(C)C. The molecule has 0 bridgehead atoms. The number of carbonyl (C=O) groups is 11. The first-order valence-corrected chi connectivity index (χ1v) is 42.7. The maximum atomic E-state index is 14.6. The number of nitrogens with two attached hydrogens (primary N) is 1. The second kappa shape index (κ2) is 48.2. The minimum Gasteiger partial charge on any atom is -0.457 e. The van der Waals surface area contributed by atoms with E-state index >= 15 is 0 Å². The number of rotatable bonds is 51. The van der Waals surface area contributed by atoms with E-state index in [0.29, 0.717) is 135 Å². The fourth-order valence-electron chi connectivity index (χ4n) is 14.6. The van der Waals surface area contributed by atoms with Crippen LogP contribution in [0.5, 0.6) is 0 Å². The number of para-hydroxylation sites is 1. The highest BCUT2D eigenvalue weighted by Crippen LogP contribution is 2.43. The standard InChI is InChI=1S/C85H142N20O16/c1-20-59-60-27-22-23-28-64(60)93-74-61(59)53-105-68(74)51-63-62(77(105)112)57-118-80(115)85(63,21-2)119-79(114)73(58(3)4)94-76(111)67-30-26-35-104(67)78(113)66(52-69(86)106)92-72(109)56-103(19)50-47-99(15)42-39-95(11)36-32-88-75(110)65(91-71(108)55-102(18)49-46-100(16)44-41-97(13)38-34-90-82(117)121-84(8,9)10)29-24-25-31-87-70(107)54-101(17)48-45-98(14)43-40-96(12)37-33-89-81(116)120-83(5,6)7/h22-23,27-28,51,58,65-67,73H,20-21,24-26,29-50,52-57H2,1-19H3,(H2,86,106)(H,87,107)(H,88,110)(H,89,116)(H,90,117)(H,91,108)(H,92,109)(H,94,111)/t65-,66-,67-,73-,85-/m0/s1. The van der Waals surface area contributed by atoms with E-state index in [1.807, 2.05) is 139 Å². The first-order valence-electron chi connectivity index (χ1n) is 42.7. The molecule has 3 aliphatic heterocycles. The summed E-state index contributed by atoms with van der Waals surface area (Å²) in [6.45, 7) is 29.6. The zero-order valence-electron chi connectivity index (χ0n) is 75.6. The summed E-state index contributed by atoms with van der Waals surface area (Å²) in [5.74, 6) is -6.03. The van der Waals surface area contributed by atoms with Gasteiger partial charge >= 0.3 is 24.1 Å². The number of pyridine rings is 2. The molecule has 9 amide bonds. The van der Waals surface area contributed by atoms with E-state index in [1.54, 1.807) is 43.4 Å². The molecule has 36 nitrogen and oxygen atoms in total. The van der Waals surface area contributed by atoms with E-state index < -0.39 is 107 Å². The van der Waals surface area contributed by atoms with Crippen LogP contribution in [0.3, 0.4) is 0 Å². The Bertz CT molecular complexity index is 4040. The summed E-state index contributed by atoms with van der Waals surface area (Å²) in [5.41, 5.74) is 6.13. The van der Waals surface area contributed by atoms with Gasteiger partial charge in [-0.2, -0.15) is 0 Å². The summed E-state index contributed by atoms with van der Waals surface area (Å²) in [7, 11) is 17.4. The van der Waals surface area contributed by atoms with Crippen molar-refractivity contribution in [2.75, 3.05) is 214 Å². The van der Waals surface area contributed by atoms with E-state index in [1.165, 1.54) is 4.90 Å². The molecule has 0 unspecified atom stereocenters. The summed E-state index contributed by atoms with van der Waals surface area (Å²) in [6, 6.07) is 4.70. The molecular formula is C85H142N20O16. The summed E-state index contributed by atoms with van der Waals surface area (Å²) in [4.78, 5) is 188. The van der Waals surface area contributed by atoms with Crippen LogP contribution >= 0.6 is 0 Å². The Hall–Kier alpha value is -9.01. The number of fused-ring (bicyclic) bond motifs is 5. The molecular weight excluding hydrogens is 1560 g/mol. The van der Waals surface area contributed by atoms with Gasteiger partial charge in [0.1, 0.15) is 42.0 Å². The van der Waals surface area contributed by atoms with Gasteiger partial charge in [-0.3, -0.25) is 53.1 Å². The van der Waals surface area contributed by atoms with E-state index in [2.05, 4.69) is 66.6 Å². The first-order chi connectivity index (χ1) is 57.0. The summed E-state index contributed by atoms with van der Waals surface area (Å²) >= 11 is 0. The molecule has 6 rings (SSSR count).